The molecule has 244 valence electrons. The Bertz CT molecular complexity index is 2980. The number of furan rings is 3. The minimum absolute atomic E-state index is 0.644. The van der Waals surface area contributed by atoms with Crippen molar-refractivity contribution in [2.45, 2.75) is 0 Å². The van der Waals surface area contributed by atoms with Gasteiger partial charge >= 0.3 is 0 Å². The van der Waals surface area contributed by atoms with Gasteiger partial charge in [0.25, 0.3) is 0 Å². The zero-order chi connectivity index (χ0) is 34.2. The van der Waals surface area contributed by atoms with Crippen LogP contribution in [0.1, 0.15) is 0 Å². The molecule has 0 saturated carbocycles. The summed E-state index contributed by atoms with van der Waals surface area (Å²) in [6.07, 6.45) is 3.53. The van der Waals surface area contributed by atoms with Crippen LogP contribution in [0.2, 0.25) is 0 Å². The molecular formula is C46H27N3O3. The maximum absolute atomic E-state index is 6.34. The molecule has 5 aromatic heterocycles. The topological polar surface area (TPSA) is 68.4 Å². The second kappa shape index (κ2) is 11.2. The molecule has 0 amide bonds. The van der Waals surface area contributed by atoms with Gasteiger partial charge in [0.2, 0.25) is 11.4 Å². The summed E-state index contributed by atoms with van der Waals surface area (Å²) in [5, 5.41) is 6.33. The van der Waals surface area contributed by atoms with Crippen molar-refractivity contribution in [1.29, 1.82) is 0 Å². The normalized spacial score (nSPS) is 11.8. The summed E-state index contributed by atoms with van der Waals surface area (Å²) in [6.45, 7) is 0. The molecule has 6 aromatic carbocycles. The number of hydrogen-bond acceptors (Lipinski definition) is 6. The second-order valence-electron chi connectivity index (χ2n) is 13.0. The number of hydrogen-bond donors (Lipinski definition) is 0. The van der Waals surface area contributed by atoms with Crippen LogP contribution in [-0.4, -0.2) is 9.97 Å². The first-order valence-corrected chi connectivity index (χ1v) is 17.2. The molecule has 6 nitrogen and oxygen atoms in total. The van der Waals surface area contributed by atoms with E-state index in [1.54, 1.807) is 12.4 Å². The van der Waals surface area contributed by atoms with Crippen LogP contribution in [0.25, 0.3) is 88.3 Å². The highest BCUT2D eigenvalue weighted by atomic mass is 16.3. The molecule has 0 unspecified atom stereocenters. The molecule has 5 heterocycles. The highest BCUT2D eigenvalue weighted by Gasteiger charge is 2.19. The van der Waals surface area contributed by atoms with Gasteiger partial charge in [0, 0.05) is 79.0 Å². The number of fused-ring (bicyclic) bond motifs is 9. The number of rotatable bonds is 5. The molecule has 0 radical (unpaired) electrons. The van der Waals surface area contributed by atoms with Crippen molar-refractivity contribution in [2.24, 2.45) is 0 Å². The fraction of sp³-hybridized carbons (Fsp3) is 0. The zero-order valence-electron chi connectivity index (χ0n) is 27.7. The summed E-state index contributed by atoms with van der Waals surface area (Å²) >= 11 is 0. The highest BCUT2D eigenvalue weighted by Crippen LogP contribution is 2.42. The molecule has 0 fully saturated rings. The van der Waals surface area contributed by atoms with Gasteiger partial charge in [0.1, 0.15) is 22.3 Å². The predicted molar refractivity (Wildman–Crippen MR) is 209 cm³/mol. The van der Waals surface area contributed by atoms with Crippen molar-refractivity contribution < 1.29 is 13.3 Å². The van der Waals surface area contributed by atoms with E-state index in [9.17, 15) is 0 Å². The Hall–Kier alpha value is -7.18. The van der Waals surface area contributed by atoms with E-state index < -0.39 is 0 Å². The summed E-state index contributed by atoms with van der Waals surface area (Å²) in [4.78, 5) is 11.2. The monoisotopic (exact) mass is 669 g/mol. The SMILES string of the molecule is c1ccc2c(c1)oc1cc(N(c3ccc(-c4cccc5c4oc4ncccc45)cc3)c3ccc(-c4cccc5c4oc4ncccc45)cc3)ccc12. The molecule has 6 heteroatoms. The Kier molecular flexibility index (Phi) is 6.15. The van der Waals surface area contributed by atoms with Crippen molar-refractivity contribution in [2.75, 3.05) is 4.90 Å². The van der Waals surface area contributed by atoms with Gasteiger partial charge in [0.15, 0.2) is 0 Å². The van der Waals surface area contributed by atoms with Gasteiger partial charge in [-0.2, -0.15) is 0 Å². The minimum atomic E-state index is 0.644. The smallest absolute Gasteiger partial charge is 0.227 e. The molecular weight excluding hydrogens is 643 g/mol. The van der Waals surface area contributed by atoms with Gasteiger partial charge in [0.05, 0.1) is 0 Å². The molecule has 0 aliphatic heterocycles. The fourth-order valence-corrected chi connectivity index (χ4v) is 7.60. The molecule has 52 heavy (non-hydrogen) atoms. The average molecular weight is 670 g/mol. The van der Waals surface area contributed by atoms with Crippen molar-refractivity contribution in [1.82, 2.24) is 9.97 Å². The van der Waals surface area contributed by atoms with E-state index in [-0.39, 0.29) is 0 Å². The Labute approximate surface area is 296 Å². The Morgan fingerprint density at radius 1 is 0.365 bits per heavy atom. The average Bonchev–Trinajstić information content (AvgIpc) is 3.90. The lowest BCUT2D eigenvalue weighted by molar-refractivity contribution is 0.654. The summed E-state index contributed by atoms with van der Waals surface area (Å²) in [5.41, 5.74) is 11.9. The Morgan fingerprint density at radius 3 is 1.46 bits per heavy atom. The third-order valence-electron chi connectivity index (χ3n) is 10.0. The highest BCUT2D eigenvalue weighted by molar-refractivity contribution is 6.10. The van der Waals surface area contributed by atoms with Crippen LogP contribution in [-0.2, 0) is 0 Å². The van der Waals surface area contributed by atoms with Gasteiger partial charge in [-0.1, -0.05) is 78.9 Å². The first-order valence-electron chi connectivity index (χ1n) is 17.2. The van der Waals surface area contributed by atoms with Gasteiger partial charge < -0.3 is 18.2 Å². The first kappa shape index (κ1) is 28.6. The van der Waals surface area contributed by atoms with Crippen LogP contribution in [0.15, 0.2) is 177 Å². The summed E-state index contributed by atoms with van der Waals surface area (Å²) in [5.74, 6) is 0. The maximum Gasteiger partial charge on any atom is 0.227 e. The van der Waals surface area contributed by atoms with E-state index in [2.05, 4.69) is 136 Å². The van der Waals surface area contributed by atoms with Crippen molar-refractivity contribution >= 4 is 83.1 Å². The van der Waals surface area contributed by atoms with Crippen molar-refractivity contribution in [3.63, 3.8) is 0 Å². The van der Waals surface area contributed by atoms with E-state index >= 15 is 0 Å². The molecule has 0 aliphatic rings. The maximum atomic E-state index is 6.34. The Balaban J connectivity index is 1.03. The standard InChI is InChI=1S/C46H27N3O3/c1-2-14-41-35(7-1)36-24-23-32(27-42(36)50-41)49(30-19-15-28(16-20-30)33-8-3-10-37-39-12-5-25-47-45(39)51-43(33)37)31-21-17-29(18-22-31)34-9-4-11-38-40-13-6-26-48-46(40)52-44(34)38/h1-27H. The van der Waals surface area contributed by atoms with Gasteiger partial charge in [-0.15, -0.1) is 0 Å². The van der Waals surface area contributed by atoms with E-state index in [0.29, 0.717) is 11.4 Å². The number of aromatic nitrogens is 2. The van der Waals surface area contributed by atoms with Gasteiger partial charge in [-0.05, 0) is 77.9 Å². The fourth-order valence-electron chi connectivity index (χ4n) is 7.60. The molecule has 0 saturated heterocycles. The van der Waals surface area contributed by atoms with Crippen LogP contribution in [0.5, 0.6) is 0 Å². The van der Waals surface area contributed by atoms with Crippen LogP contribution in [0, 0.1) is 0 Å². The third kappa shape index (κ3) is 4.38. The number of anilines is 3. The van der Waals surface area contributed by atoms with E-state index in [1.807, 2.05) is 30.3 Å². The summed E-state index contributed by atoms with van der Waals surface area (Å²) < 4.78 is 18.9. The molecule has 0 spiro atoms. The largest absolute Gasteiger partial charge is 0.456 e. The second-order valence-corrected chi connectivity index (χ2v) is 13.0. The minimum Gasteiger partial charge on any atom is -0.456 e. The first-order chi connectivity index (χ1) is 25.8. The summed E-state index contributed by atoms with van der Waals surface area (Å²) in [7, 11) is 0. The van der Waals surface area contributed by atoms with Crippen LogP contribution < -0.4 is 4.90 Å². The van der Waals surface area contributed by atoms with Gasteiger partial charge in [-0.3, -0.25) is 0 Å². The number of pyridine rings is 2. The lowest BCUT2D eigenvalue weighted by atomic mass is 10.0. The molecule has 0 N–H and O–H groups in total. The van der Waals surface area contributed by atoms with Crippen molar-refractivity contribution in [3.05, 3.63) is 164 Å². The van der Waals surface area contributed by atoms with E-state index in [0.717, 1.165) is 94.0 Å². The zero-order valence-corrected chi connectivity index (χ0v) is 27.7. The summed E-state index contributed by atoms with van der Waals surface area (Å²) in [6, 6.07) is 52.4. The molecule has 0 aliphatic carbocycles. The Morgan fingerprint density at radius 2 is 0.865 bits per heavy atom. The van der Waals surface area contributed by atoms with Crippen molar-refractivity contribution in [3.8, 4) is 22.3 Å². The third-order valence-corrected chi connectivity index (χ3v) is 10.0. The van der Waals surface area contributed by atoms with Crippen LogP contribution in [0.4, 0.5) is 17.1 Å². The van der Waals surface area contributed by atoms with E-state index in [4.69, 9.17) is 13.3 Å². The number of benzene rings is 6. The van der Waals surface area contributed by atoms with Crippen LogP contribution >= 0.6 is 0 Å². The molecule has 11 aromatic rings. The number of nitrogens with zero attached hydrogens (tertiary/aromatic N) is 3. The predicted octanol–water partition coefficient (Wildman–Crippen LogP) is 13.0. The lowest BCUT2D eigenvalue weighted by Gasteiger charge is -2.26. The molecule has 11 rings (SSSR count). The number of para-hydroxylation sites is 3. The van der Waals surface area contributed by atoms with Gasteiger partial charge in [-0.25, -0.2) is 9.97 Å². The molecule has 0 bridgehead atoms. The lowest BCUT2D eigenvalue weighted by Crippen LogP contribution is -2.09. The van der Waals surface area contributed by atoms with E-state index in [1.165, 1.54) is 0 Å². The molecule has 0 atom stereocenters. The quantitative estimate of drug-likeness (QED) is 0.182. The van der Waals surface area contributed by atoms with Crippen LogP contribution in [0.3, 0.4) is 0 Å².